The molecule has 1 fully saturated rings. The van der Waals surface area contributed by atoms with Crippen molar-refractivity contribution in [3.63, 3.8) is 0 Å². The first-order valence-electron chi connectivity index (χ1n) is 6.41. The fraction of sp³-hybridized carbons (Fsp3) is 1.00. The van der Waals surface area contributed by atoms with Gasteiger partial charge in [-0.1, -0.05) is 27.7 Å². The molecule has 0 radical (unpaired) electrons. The number of hydrogen-bond acceptors (Lipinski definition) is 3. The molecule has 4 atom stereocenters. The van der Waals surface area contributed by atoms with Crippen LogP contribution < -0.4 is 5.73 Å². The average molecular weight is 228 g/mol. The van der Waals surface area contributed by atoms with Crippen LogP contribution in [0.25, 0.3) is 0 Å². The number of piperidine rings is 1. The molecule has 0 aromatic heterocycles. The van der Waals surface area contributed by atoms with Gasteiger partial charge in [-0.25, -0.2) is 0 Å². The van der Waals surface area contributed by atoms with E-state index in [9.17, 15) is 5.11 Å². The molecule has 16 heavy (non-hydrogen) atoms. The predicted molar refractivity (Wildman–Crippen MR) is 68.3 cm³/mol. The maximum absolute atomic E-state index is 9.96. The van der Waals surface area contributed by atoms with E-state index in [1.165, 1.54) is 0 Å². The van der Waals surface area contributed by atoms with E-state index >= 15 is 0 Å². The van der Waals surface area contributed by atoms with Crippen molar-refractivity contribution in [2.24, 2.45) is 17.1 Å². The van der Waals surface area contributed by atoms with Crippen molar-refractivity contribution in [2.75, 3.05) is 13.1 Å². The van der Waals surface area contributed by atoms with Crippen molar-refractivity contribution in [3.05, 3.63) is 0 Å². The molecule has 96 valence electrons. The minimum Gasteiger partial charge on any atom is -0.392 e. The highest BCUT2D eigenvalue weighted by Crippen LogP contribution is 2.30. The van der Waals surface area contributed by atoms with Gasteiger partial charge in [-0.05, 0) is 31.2 Å². The summed E-state index contributed by atoms with van der Waals surface area (Å²) in [5.41, 5.74) is 6.27. The van der Waals surface area contributed by atoms with Crippen molar-refractivity contribution in [2.45, 2.75) is 59.2 Å². The topological polar surface area (TPSA) is 49.5 Å². The summed E-state index contributed by atoms with van der Waals surface area (Å²) in [7, 11) is 0. The van der Waals surface area contributed by atoms with E-state index in [0.29, 0.717) is 12.0 Å². The Morgan fingerprint density at radius 3 is 2.31 bits per heavy atom. The van der Waals surface area contributed by atoms with Crippen LogP contribution in [0.5, 0.6) is 0 Å². The van der Waals surface area contributed by atoms with Gasteiger partial charge in [-0.15, -0.1) is 0 Å². The summed E-state index contributed by atoms with van der Waals surface area (Å²) in [6.45, 7) is 12.7. The Balaban J connectivity index is 2.73. The second-order valence-electron chi connectivity index (χ2n) is 6.50. The second-order valence-corrected chi connectivity index (χ2v) is 6.50. The summed E-state index contributed by atoms with van der Waals surface area (Å²) in [6, 6.07) is 0.482. The van der Waals surface area contributed by atoms with Gasteiger partial charge in [0.2, 0.25) is 0 Å². The van der Waals surface area contributed by atoms with Crippen LogP contribution in [0.3, 0.4) is 0 Å². The molecule has 4 unspecified atom stereocenters. The Morgan fingerprint density at radius 1 is 1.38 bits per heavy atom. The SMILES string of the molecule is CC(N)C(N1CCC(C)C(O)C1)C(C)(C)C. The molecule has 1 heterocycles. The van der Waals surface area contributed by atoms with E-state index in [4.69, 9.17) is 5.73 Å². The number of hydrogen-bond donors (Lipinski definition) is 2. The average Bonchev–Trinajstić information content (AvgIpc) is 2.08. The quantitative estimate of drug-likeness (QED) is 0.752. The summed E-state index contributed by atoms with van der Waals surface area (Å²) in [5.74, 6) is 0.421. The second kappa shape index (κ2) is 5.03. The number of likely N-dealkylation sites (tertiary alicyclic amines) is 1. The molecule has 0 amide bonds. The van der Waals surface area contributed by atoms with Gasteiger partial charge in [-0.2, -0.15) is 0 Å². The molecule has 0 bridgehead atoms. The molecule has 0 aliphatic carbocycles. The van der Waals surface area contributed by atoms with Crippen LogP contribution in [-0.2, 0) is 0 Å². The minimum atomic E-state index is -0.197. The van der Waals surface area contributed by atoms with Gasteiger partial charge in [0, 0.05) is 18.6 Å². The minimum absolute atomic E-state index is 0.139. The van der Waals surface area contributed by atoms with Gasteiger partial charge in [0.15, 0.2) is 0 Å². The van der Waals surface area contributed by atoms with Crippen molar-refractivity contribution in [1.29, 1.82) is 0 Å². The zero-order valence-corrected chi connectivity index (χ0v) is 11.4. The first-order chi connectivity index (χ1) is 7.23. The molecule has 1 saturated heterocycles. The van der Waals surface area contributed by atoms with E-state index in [1.807, 2.05) is 0 Å². The fourth-order valence-corrected chi connectivity index (χ4v) is 2.99. The summed E-state index contributed by atoms with van der Waals surface area (Å²) >= 11 is 0. The smallest absolute Gasteiger partial charge is 0.0693 e. The third-order valence-corrected chi connectivity index (χ3v) is 3.73. The van der Waals surface area contributed by atoms with Gasteiger partial charge < -0.3 is 10.8 Å². The molecule has 0 spiro atoms. The largest absolute Gasteiger partial charge is 0.392 e. The molecule has 1 rings (SSSR count). The lowest BCUT2D eigenvalue weighted by Crippen LogP contribution is -2.58. The van der Waals surface area contributed by atoms with Crippen molar-refractivity contribution >= 4 is 0 Å². The van der Waals surface area contributed by atoms with E-state index in [-0.39, 0.29) is 17.6 Å². The van der Waals surface area contributed by atoms with E-state index in [0.717, 1.165) is 19.5 Å². The van der Waals surface area contributed by atoms with E-state index in [1.54, 1.807) is 0 Å². The van der Waals surface area contributed by atoms with Gasteiger partial charge >= 0.3 is 0 Å². The Morgan fingerprint density at radius 2 is 1.94 bits per heavy atom. The highest BCUT2D eigenvalue weighted by Gasteiger charge is 2.36. The lowest BCUT2D eigenvalue weighted by Gasteiger charge is -2.46. The van der Waals surface area contributed by atoms with Gasteiger partial charge in [-0.3, -0.25) is 4.90 Å². The molecule has 3 heteroatoms. The first kappa shape index (κ1) is 13.9. The number of nitrogens with two attached hydrogens (primary N) is 1. The summed E-state index contributed by atoms with van der Waals surface area (Å²) in [5, 5.41) is 9.96. The first-order valence-corrected chi connectivity index (χ1v) is 6.41. The molecular weight excluding hydrogens is 200 g/mol. The Labute approximate surface area is 100 Å². The molecule has 0 saturated carbocycles. The lowest BCUT2D eigenvalue weighted by molar-refractivity contribution is -0.0206. The number of β-amino-alcohol motifs (C(OH)–C–C–N with tert-alkyl or cyclic N) is 1. The van der Waals surface area contributed by atoms with Crippen LogP contribution in [0, 0.1) is 11.3 Å². The third-order valence-electron chi connectivity index (χ3n) is 3.73. The third kappa shape index (κ3) is 3.19. The van der Waals surface area contributed by atoms with E-state index < -0.39 is 0 Å². The maximum Gasteiger partial charge on any atom is 0.0693 e. The van der Waals surface area contributed by atoms with Crippen molar-refractivity contribution in [1.82, 2.24) is 4.90 Å². The zero-order chi connectivity index (χ0) is 12.5. The Bertz CT molecular complexity index is 222. The van der Waals surface area contributed by atoms with Crippen LogP contribution >= 0.6 is 0 Å². The number of aliphatic hydroxyl groups is 1. The van der Waals surface area contributed by atoms with Crippen molar-refractivity contribution in [3.8, 4) is 0 Å². The maximum atomic E-state index is 9.96. The normalized spacial score (nSPS) is 32.4. The van der Waals surface area contributed by atoms with Crippen LogP contribution in [0.4, 0.5) is 0 Å². The number of rotatable bonds is 2. The highest BCUT2D eigenvalue weighted by molar-refractivity contribution is 4.92. The lowest BCUT2D eigenvalue weighted by atomic mass is 9.80. The molecular formula is C13H28N2O. The Hall–Kier alpha value is -0.120. The fourth-order valence-electron chi connectivity index (χ4n) is 2.99. The molecule has 3 nitrogen and oxygen atoms in total. The van der Waals surface area contributed by atoms with Crippen molar-refractivity contribution < 1.29 is 5.11 Å². The standard InChI is InChI=1S/C13H28N2O/c1-9-6-7-15(8-11(9)16)12(10(2)14)13(3,4)5/h9-12,16H,6-8,14H2,1-5H3. The monoisotopic (exact) mass is 228 g/mol. The highest BCUT2D eigenvalue weighted by atomic mass is 16.3. The van der Waals surface area contributed by atoms with Crippen LogP contribution in [0.1, 0.15) is 41.0 Å². The zero-order valence-electron chi connectivity index (χ0n) is 11.4. The molecule has 3 N–H and O–H groups in total. The van der Waals surface area contributed by atoms with Gasteiger partial charge in [0.05, 0.1) is 6.10 Å². The predicted octanol–water partition coefficient (Wildman–Crippen LogP) is 1.45. The van der Waals surface area contributed by atoms with Crippen LogP contribution in [0.15, 0.2) is 0 Å². The summed E-state index contributed by atoms with van der Waals surface area (Å²) in [6.07, 6.45) is 0.873. The molecule has 1 aliphatic rings. The summed E-state index contributed by atoms with van der Waals surface area (Å²) < 4.78 is 0. The summed E-state index contributed by atoms with van der Waals surface area (Å²) in [4.78, 5) is 2.37. The molecule has 0 aromatic rings. The number of nitrogens with zero attached hydrogens (tertiary/aromatic N) is 1. The van der Waals surface area contributed by atoms with Gasteiger partial charge in [0.1, 0.15) is 0 Å². The van der Waals surface area contributed by atoms with Gasteiger partial charge in [0.25, 0.3) is 0 Å². The molecule has 0 aromatic carbocycles. The van der Waals surface area contributed by atoms with Crippen LogP contribution in [0.2, 0.25) is 0 Å². The van der Waals surface area contributed by atoms with Crippen LogP contribution in [-0.4, -0.2) is 41.3 Å². The molecule has 1 aliphatic heterocycles. The Kier molecular flexibility index (Phi) is 4.38. The van der Waals surface area contributed by atoms with E-state index in [2.05, 4.69) is 39.5 Å². The number of aliphatic hydroxyl groups excluding tert-OH is 1.